The highest BCUT2D eigenvalue weighted by Gasteiger charge is 2.22. The van der Waals surface area contributed by atoms with Crippen LogP contribution in [-0.4, -0.2) is 60.4 Å². The molecule has 0 aliphatic carbocycles. The van der Waals surface area contributed by atoms with Gasteiger partial charge >= 0.3 is 6.03 Å². The highest BCUT2D eigenvalue weighted by molar-refractivity contribution is 6.30. The maximum atomic E-state index is 12.6. The van der Waals surface area contributed by atoms with Crippen molar-refractivity contribution in [3.63, 3.8) is 0 Å². The van der Waals surface area contributed by atoms with Crippen LogP contribution in [0, 0.1) is 6.92 Å². The van der Waals surface area contributed by atoms with E-state index in [4.69, 9.17) is 11.6 Å². The van der Waals surface area contributed by atoms with Gasteiger partial charge in [0.05, 0.1) is 0 Å². The van der Waals surface area contributed by atoms with Gasteiger partial charge in [-0.3, -0.25) is 9.59 Å². The molecule has 0 radical (unpaired) electrons. The minimum atomic E-state index is -0.206. The maximum absolute atomic E-state index is 12.6. The summed E-state index contributed by atoms with van der Waals surface area (Å²) >= 11 is 5.96. The number of carbonyl (C=O) groups excluding carboxylic acids is 3. The second-order valence-electron chi connectivity index (χ2n) is 7.48. The number of nitrogens with one attached hydrogen (secondary N) is 2. The summed E-state index contributed by atoms with van der Waals surface area (Å²) in [6.45, 7) is 4.24. The molecule has 0 unspecified atom stereocenters. The first-order valence-electron chi connectivity index (χ1n) is 10.4. The average molecular weight is 443 g/mol. The number of aryl methyl sites for hydroxylation is 1. The molecule has 2 N–H and O–H groups in total. The molecular weight excluding hydrogens is 416 g/mol. The third-order valence-electron chi connectivity index (χ3n) is 5.23. The lowest BCUT2D eigenvalue weighted by molar-refractivity contribution is -0.130. The number of rotatable bonds is 5. The van der Waals surface area contributed by atoms with E-state index in [9.17, 15) is 14.4 Å². The van der Waals surface area contributed by atoms with Crippen LogP contribution in [0.5, 0.6) is 0 Å². The summed E-state index contributed by atoms with van der Waals surface area (Å²) in [6.07, 6.45) is 0.927. The van der Waals surface area contributed by atoms with Crippen molar-refractivity contribution in [2.45, 2.75) is 19.8 Å². The van der Waals surface area contributed by atoms with E-state index >= 15 is 0 Å². The summed E-state index contributed by atoms with van der Waals surface area (Å²) in [7, 11) is 0. The molecule has 7 nitrogen and oxygen atoms in total. The minimum Gasteiger partial charge on any atom is -0.352 e. The molecule has 8 heteroatoms. The Morgan fingerprint density at radius 1 is 0.968 bits per heavy atom. The van der Waals surface area contributed by atoms with Gasteiger partial charge in [-0.2, -0.15) is 0 Å². The Bertz CT molecular complexity index is 950. The molecule has 1 aliphatic rings. The fourth-order valence-electron chi connectivity index (χ4n) is 3.50. The molecule has 1 saturated heterocycles. The van der Waals surface area contributed by atoms with Crippen LogP contribution in [0.3, 0.4) is 0 Å². The van der Waals surface area contributed by atoms with E-state index in [2.05, 4.69) is 10.6 Å². The smallest absolute Gasteiger partial charge is 0.321 e. The summed E-state index contributed by atoms with van der Waals surface area (Å²) < 4.78 is 0. The topological polar surface area (TPSA) is 81.8 Å². The summed E-state index contributed by atoms with van der Waals surface area (Å²) in [4.78, 5) is 40.9. The predicted octanol–water partition coefficient (Wildman–Crippen LogP) is 3.53. The molecule has 0 bridgehead atoms. The Morgan fingerprint density at radius 2 is 1.71 bits per heavy atom. The largest absolute Gasteiger partial charge is 0.352 e. The van der Waals surface area contributed by atoms with Crippen molar-refractivity contribution in [3.8, 4) is 0 Å². The number of urea groups is 1. The Labute approximate surface area is 187 Å². The Hall–Kier alpha value is -3.06. The van der Waals surface area contributed by atoms with Crippen molar-refractivity contribution in [2.24, 2.45) is 0 Å². The van der Waals surface area contributed by atoms with Crippen LogP contribution in [0.15, 0.2) is 48.5 Å². The molecule has 4 amide bonds. The van der Waals surface area contributed by atoms with E-state index in [0.717, 1.165) is 5.56 Å². The van der Waals surface area contributed by atoms with Crippen molar-refractivity contribution >= 4 is 35.1 Å². The van der Waals surface area contributed by atoms with Gasteiger partial charge in [-0.1, -0.05) is 35.9 Å². The predicted molar refractivity (Wildman–Crippen MR) is 121 cm³/mol. The quantitative estimate of drug-likeness (QED) is 0.743. The SMILES string of the molecule is Cc1ccccc1C(=O)NCCC(=O)N1CCCN(C(=O)Nc2cccc(Cl)c2)CC1. The van der Waals surface area contributed by atoms with E-state index in [0.29, 0.717) is 48.9 Å². The zero-order valence-corrected chi connectivity index (χ0v) is 18.3. The molecule has 3 rings (SSSR count). The molecular formula is C23H27ClN4O3. The van der Waals surface area contributed by atoms with E-state index in [-0.39, 0.29) is 30.8 Å². The minimum absolute atomic E-state index is 0.0258. The van der Waals surface area contributed by atoms with Crippen LogP contribution in [0.2, 0.25) is 5.02 Å². The van der Waals surface area contributed by atoms with Gasteiger partial charge in [0.2, 0.25) is 5.91 Å². The molecule has 0 aromatic heterocycles. The first-order chi connectivity index (χ1) is 14.9. The van der Waals surface area contributed by atoms with E-state index in [1.807, 2.05) is 25.1 Å². The van der Waals surface area contributed by atoms with E-state index < -0.39 is 0 Å². The summed E-state index contributed by atoms with van der Waals surface area (Å²) in [5.74, 6) is -0.201. The number of hydrogen-bond acceptors (Lipinski definition) is 3. The van der Waals surface area contributed by atoms with Crippen LogP contribution in [0.4, 0.5) is 10.5 Å². The highest BCUT2D eigenvalue weighted by atomic mass is 35.5. The van der Waals surface area contributed by atoms with Crippen LogP contribution in [-0.2, 0) is 4.79 Å². The second kappa shape index (κ2) is 10.8. The molecule has 2 aromatic carbocycles. The zero-order chi connectivity index (χ0) is 22.2. The fraction of sp³-hybridized carbons (Fsp3) is 0.348. The van der Waals surface area contributed by atoms with Gasteiger partial charge in [-0.15, -0.1) is 0 Å². The van der Waals surface area contributed by atoms with Gasteiger partial charge in [0.25, 0.3) is 5.91 Å². The van der Waals surface area contributed by atoms with E-state index in [1.54, 1.807) is 40.1 Å². The van der Waals surface area contributed by atoms with Crippen molar-refractivity contribution in [3.05, 3.63) is 64.7 Å². The van der Waals surface area contributed by atoms with Gasteiger partial charge < -0.3 is 20.4 Å². The molecule has 0 atom stereocenters. The third-order valence-corrected chi connectivity index (χ3v) is 5.46. The molecule has 0 spiro atoms. The standard InChI is InChI=1S/C23H27ClN4O3/c1-17-6-2-3-9-20(17)22(30)25-11-10-21(29)27-12-5-13-28(15-14-27)23(31)26-19-8-4-7-18(24)16-19/h2-4,6-9,16H,5,10-15H2,1H3,(H,25,30)(H,26,31). The summed E-state index contributed by atoms with van der Waals surface area (Å²) in [5, 5.41) is 6.21. The van der Waals surface area contributed by atoms with Crippen molar-refractivity contribution in [2.75, 3.05) is 38.0 Å². The van der Waals surface area contributed by atoms with Gasteiger partial charge in [0.1, 0.15) is 0 Å². The number of halogens is 1. The molecule has 2 aromatic rings. The number of carbonyl (C=O) groups is 3. The molecule has 164 valence electrons. The maximum Gasteiger partial charge on any atom is 0.321 e. The average Bonchev–Trinajstić information content (AvgIpc) is 3.00. The molecule has 1 fully saturated rings. The summed E-state index contributed by atoms with van der Waals surface area (Å²) in [5.41, 5.74) is 2.15. The number of anilines is 1. The number of amides is 4. The zero-order valence-electron chi connectivity index (χ0n) is 17.6. The molecule has 1 aliphatic heterocycles. The summed E-state index contributed by atoms with van der Waals surface area (Å²) in [6, 6.07) is 14.1. The van der Waals surface area contributed by atoms with Crippen LogP contribution in [0.1, 0.15) is 28.8 Å². The first-order valence-corrected chi connectivity index (χ1v) is 10.7. The van der Waals surface area contributed by atoms with Gasteiger partial charge in [0.15, 0.2) is 0 Å². The lowest BCUT2D eigenvalue weighted by atomic mass is 10.1. The van der Waals surface area contributed by atoms with Gasteiger partial charge in [-0.05, 0) is 43.2 Å². The molecule has 0 saturated carbocycles. The second-order valence-corrected chi connectivity index (χ2v) is 7.92. The number of nitrogens with zero attached hydrogens (tertiary/aromatic N) is 2. The lowest BCUT2D eigenvalue weighted by Crippen LogP contribution is -2.40. The number of benzene rings is 2. The first kappa shape index (κ1) is 22.6. The third kappa shape index (κ3) is 6.46. The van der Waals surface area contributed by atoms with E-state index in [1.165, 1.54) is 0 Å². The van der Waals surface area contributed by atoms with Gasteiger partial charge in [-0.25, -0.2) is 4.79 Å². The van der Waals surface area contributed by atoms with Gasteiger partial charge in [0, 0.05) is 55.4 Å². The Balaban J connectivity index is 1.44. The molecule has 1 heterocycles. The lowest BCUT2D eigenvalue weighted by Gasteiger charge is -2.22. The van der Waals surface area contributed by atoms with Crippen molar-refractivity contribution in [1.29, 1.82) is 0 Å². The monoisotopic (exact) mass is 442 g/mol. The normalized spacial score (nSPS) is 14.0. The Morgan fingerprint density at radius 3 is 2.48 bits per heavy atom. The van der Waals surface area contributed by atoms with Crippen molar-refractivity contribution < 1.29 is 14.4 Å². The van der Waals surface area contributed by atoms with Crippen LogP contribution >= 0.6 is 11.6 Å². The molecule has 31 heavy (non-hydrogen) atoms. The van der Waals surface area contributed by atoms with Crippen molar-refractivity contribution in [1.82, 2.24) is 15.1 Å². The Kier molecular flexibility index (Phi) is 7.89. The number of hydrogen-bond donors (Lipinski definition) is 2. The van der Waals surface area contributed by atoms with Crippen LogP contribution < -0.4 is 10.6 Å². The highest BCUT2D eigenvalue weighted by Crippen LogP contribution is 2.16. The fourth-order valence-corrected chi connectivity index (χ4v) is 3.69. The van der Waals surface area contributed by atoms with Crippen LogP contribution in [0.25, 0.3) is 0 Å².